The van der Waals surface area contributed by atoms with Crippen LogP contribution in [0.3, 0.4) is 0 Å². The summed E-state index contributed by atoms with van der Waals surface area (Å²) in [5.41, 5.74) is 2.17. The van der Waals surface area contributed by atoms with Crippen molar-refractivity contribution in [1.29, 1.82) is 0 Å². The van der Waals surface area contributed by atoms with E-state index in [4.69, 9.17) is 9.47 Å². The zero-order valence-corrected chi connectivity index (χ0v) is 19.6. The van der Waals surface area contributed by atoms with Crippen LogP contribution in [0.15, 0.2) is 52.3 Å². The van der Waals surface area contributed by atoms with Crippen molar-refractivity contribution < 1.29 is 9.47 Å². The summed E-state index contributed by atoms with van der Waals surface area (Å²) in [6, 6.07) is 9.48. The first-order valence-electron chi connectivity index (χ1n) is 12.0. The highest BCUT2D eigenvalue weighted by Gasteiger charge is 2.40. The van der Waals surface area contributed by atoms with Crippen molar-refractivity contribution >= 4 is 21.9 Å². The molecule has 2 aromatic carbocycles. The molecule has 0 spiro atoms. The molecule has 180 valence electrons. The van der Waals surface area contributed by atoms with E-state index in [-0.39, 0.29) is 0 Å². The summed E-state index contributed by atoms with van der Waals surface area (Å²) >= 11 is 0. The van der Waals surface area contributed by atoms with E-state index in [1.54, 1.807) is 36.2 Å². The van der Waals surface area contributed by atoms with Crippen LogP contribution in [0.25, 0.3) is 21.9 Å². The Labute approximate surface area is 201 Å². The lowest BCUT2D eigenvalue weighted by molar-refractivity contribution is 0.209. The number of aromatic amines is 1. The molecule has 2 aliphatic rings. The van der Waals surface area contributed by atoms with E-state index in [1.807, 2.05) is 18.2 Å². The van der Waals surface area contributed by atoms with Gasteiger partial charge in [0.05, 0.1) is 30.1 Å². The quantitative estimate of drug-likeness (QED) is 0.339. The standard InChI is InChI=1S/C26H27N5O4/c1-34-20-5-4-6-21-22(20)18-14-30(13-16(18)15-35-21)11-2-3-12-31-24-17(25(32)29-26(31)33)7-8-19-23(24)28-10-9-27-19/h4-10,16,18H,2-3,11-15H2,1H3,(H,29,32,33)/t16-,18-/m1/s1. The van der Waals surface area contributed by atoms with Gasteiger partial charge in [0.25, 0.3) is 5.56 Å². The third kappa shape index (κ3) is 3.76. The fourth-order valence-corrected chi connectivity index (χ4v) is 5.66. The average Bonchev–Trinajstić information content (AvgIpc) is 3.30. The number of hydrogen-bond donors (Lipinski definition) is 1. The van der Waals surface area contributed by atoms with Crippen molar-refractivity contribution in [3.8, 4) is 11.5 Å². The Balaban J connectivity index is 1.17. The smallest absolute Gasteiger partial charge is 0.328 e. The topological polar surface area (TPSA) is 102 Å². The molecule has 1 N–H and O–H groups in total. The molecule has 2 atom stereocenters. The minimum atomic E-state index is -0.409. The van der Waals surface area contributed by atoms with Crippen LogP contribution in [0.2, 0.25) is 0 Å². The monoisotopic (exact) mass is 473 g/mol. The van der Waals surface area contributed by atoms with Gasteiger partial charge >= 0.3 is 5.69 Å². The Hall–Kier alpha value is -3.72. The molecule has 0 unspecified atom stereocenters. The van der Waals surface area contributed by atoms with E-state index in [0.717, 1.165) is 50.6 Å². The van der Waals surface area contributed by atoms with Gasteiger partial charge in [-0.2, -0.15) is 0 Å². The molecule has 9 nitrogen and oxygen atoms in total. The Morgan fingerprint density at radius 1 is 1.09 bits per heavy atom. The molecule has 0 radical (unpaired) electrons. The molecule has 35 heavy (non-hydrogen) atoms. The second-order valence-corrected chi connectivity index (χ2v) is 9.31. The number of hydrogen-bond acceptors (Lipinski definition) is 7. The van der Waals surface area contributed by atoms with E-state index in [2.05, 4.69) is 19.9 Å². The summed E-state index contributed by atoms with van der Waals surface area (Å²) in [6.07, 6.45) is 4.93. The van der Waals surface area contributed by atoms with Crippen LogP contribution >= 0.6 is 0 Å². The number of fused-ring (bicyclic) bond motifs is 6. The van der Waals surface area contributed by atoms with Crippen molar-refractivity contribution in [3.05, 3.63) is 69.1 Å². The van der Waals surface area contributed by atoms with E-state index in [1.165, 1.54) is 5.56 Å². The number of aryl methyl sites for hydroxylation is 1. The first-order valence-corrected chi connectivity index (χ1v) is 12.0. The predicted molar refractivity (Wildman–Crippen MR) is 132 cm³/mol. The molecule has 4 heterocycles. The molecule has 0 aliphatic carbocycles. The molecule has 0 amide bonds. The van der Waals surface area contributed by atoms with E-state index < -0.39 is 11.2 Å². The van der Waals surface area contributed by atoms with Crippen LogP contribution in [0.4, 0.5) is 0 Å². The molecule has 4 aromatic rings. The molecule has 0 saturated carbocycles. The fourth-order valence-electron chi connectivity index (χ4n) is 5.66. The van der Waals surface area contributed by atoms with Gasteiger partial charge in [0.2, 0.25) is 0 Å². The van der Waals surface area contributed by atoms with Crippen molar-refractivity contribution in [3.63, 3.8) is 0 Å². The number of methoxy groups -OCH3 is 1. The highest BCUT2D eigenvalue weighted by molar-refractivity contribution is 6.00. The second kappa shape index (κ2) is 8.81. The zero-order valence-electron chi connectivity index (χ0n) is 19.6. The minimum absolute atomic E-state index is 0.397. The first-order chi connectivity index (χ1) is 17.1. The highest BCUT2D eigenvalue weighted by Crippen LogP contribution is 2.46. The third-order valence-corrected chi connectivity index (χ3v) is 7.29. The molecular formula is C26H27N5O4. The molecular weight excluding hydrogens is 446 g/mol. The summed E-state index contributed by atoms with van der Waals surface area (Å²) in [5.74, 6) is 2.70. The Morgan fingerprint density at radius 3 is 2.83 bits per heavy atom. The van der Waals surface area contributed by atoms with Crippen molar-refractivity contribution in [2.45, 2.75) is 25.3 Å². The number of rotatable bonds is 6. The van der Waals surface area contributed by atoms with Crippen molar-refractivity contribution in [1.82, 2.24) is 24.4 Å². The second-order valence-electron chi connectivity index (χ2n) is 9.31. The lowest BCUT2D eigenvalue weighted by atomic mass is 9.86. The number of nitrogens with zero attached hydrogens (tertiary/aromatic N) is 4. The maximum atomic E-state index is 12.7. The Morgan fingerprint density at radius 2 is 1.94 bits per heavy atom. The van der Waals surface area contributed by atoms with Crippen LogP contribution in [-0.4, -0.2) is 57.8 Å². The predicted octanol–water partition coefficient (Wildman–Crippen LogP) is 2.53. The molecule has 2 aromatic heterocycles. The summed E-state index contributed by atoms with van der Waals surface area (Å²) in [7, 11) is 1.71. The van der Waals surface area contributed by atoms with Gasteiger partial charge in [-0.1, -0.05) is 6.07 Å². The average molecular weight is 474 g/mol. The fraction of sp³-hybridized carbons (Fsp3) is 0.385. The maximum Gasteiger partial charge on any atom is 0.328 e. The van der Waals surface area contributed by atoms with E-state index in [0.29, 0.717) is 40.3 Å². The molecule has 1 saturated heterocycles. The van der Waals surface area contributed by atoms with Crippen LogP contribution in [-0.2, 0) is 6.54 Å². The Bertz CT molecular complexity index is 1510. The summed E-state index contributed by atoms with van der Waals surface area (Å²) in [4.78, 5) is 38.8. The number of ether oxygens (including phenoxy) is 2. The van der Waals surface area contributed by atoms with Gasteiger partial charge in [0.15, 0.2) is 0 Å². The van der Waals surface area contributed by atoms with Gasteiger partial charge in [-0.05, 0) is 43.7 Å². The molecule has 2 aliphatic heterocycles. The summed E-state index contributed by atoms with van der Waals surface area (Å²) in [5, 5.41) is 0.453. The van der Waals surface area contributed by atoms with Gasteiger partial charge in [-0.15, -0.1) is 0 Å². The zero-order chi connectivity index (χ0) is 23.9. The number of unbranched alkanes of at least 4 members (excludes halogenated alkanes) is 1. The number of nitrogens with one attached hydrogen (secondary N) is 1. The number of benzene rings is 2. The van der Waals surface area contributed by atoms with Crippen LogP contribution in [0, 0.1) is 5.92 Å². The number of aromatic nitrogens is 4. The van der Waals surface area contributed by atoms with Crippen LogP contribution in [0.1, 0.15) is 24.3 Å². The van der Waals surface area contributed by atoms with Gasteiger partial charge in [0.1, 0.15) is 17.0 Å². The van der Waals surface area contributed by atoms with Crippen LogP contribution in [0.5, 0.6) is 11.5 Å². The van der Waals surface area contributed by atoms with Crippen molar-refractivity contribution in [2.75, 3.05) is 33.4 Å². The maximum absolute atomic E-state index is 12.7. The van der Waals surface area contributed by atoms with Gasteiger partial charge < -0.3 is 14.4 Å². The van der Waals surface area contributed by atoms with Gasteiger partial charge in [0, 0.05) is 49.4 Å². The largest absolute Gasteiger partial charge is 0.496 e. The highest BCUT2D eigenvalue weighted by atomic mass is 16.5. The van der Waals surface area contributed by atoms with Crippen LogP contribution < -0.4 is 20.7 Å². The summed E-state index contributed by atoms with van der Waals surface area (Å²) in [6.45, 7) is 4.14. The molecule has 1 fully saturated rings. The normalized spacial score (nSPS) is 19.5. The number of likely N-dealkylation sites (tertiary alicyclic amines) is 1. The number of H-pyrrole nitrogens is 1. The minimum Gasteiger partial charge on any atom is -0.496 e. The lowest BCUT2D eigenvalue weighted by Crippen LogP contribution is -2.31. The first kappa shape index (κ1) is 21.8. The van der Waals surface area contributed by atoms with Crippen molar-refractivity contribution in [2.24, 2.45) is 5.92 Å². The Kier molecular flexibility index (Phi) is 5.49. The third-order valence-electron chi connectivity index (χ3n) is 7.29. The van der Waals surface area contributed by atoms with Gasteiger partial charge in [-0.25, -0.2) is 4.79 Å². The lowest BCUT2D eigenvalue weighted by Gasteiger charge is -2.29. The van der Waals surface area contributed by atoms with E-state index in [9.17, 15) is 9.59 Å². The van der Waals surface area contributed by atoms with Gasteiger partial charge in [-0.3, -0.25) is 24.3 Å². The molecule has 6 rings (SSSR count). The van der Waals surface area contributed by atoms with E-state index >= 15 is 0 Å². The summed E-state index contributed by atoms with van der Waals surface area (Å²) < 4.78 is 13.3. The SMILES string of the molecule is COc1cccc2c1[C@@H]1CN(CCCCn3c(=O)[nH]c(=O)c4ccc5nccnc5c43)C[C@@H]1CO2. The molecule has 9 heteroatoms. The molecule has 0 bridgehead atoms.